The zero-order chi connectivity index (χ0) is 18.1. The molecule has 0 saturated carbocycles. The van der Waals surface area contributed by atoms with Crippen molar-refractivity contribution in [2.45, 2.75) is 19.4 Å². The van der Waals surface area contributed by atoms with Crippen molar-refractivity contribution in [3.05, 3.63) is 76.9 Å². The second-order valence-corrected chi connectivity index (χ2v) is 6.48. The maximum atomic E-state index is 12.3. The number of amides is 3. The van der Waals surface area contributed by atoms with Gasteiger partial charge in [0.15, 0.2) is 0 Å². The molecule has 4 N–H and O–H groups in total. The van der Waals surface area contributed by atoms with Gasteiger partial charge in [-0.25, -0.2) is 4.79 Å². The molecule has 130 valence electrons. The van der Waals surface area contributed by atoms with Gasteiger partial charge in [-0.2, -0.15) is 0 Å². The Hall–Kier alpha value is -3.34. The lowest BCUT2D eigenvalue weighted by molar-refractivity contribution is 0.1000. The molecule has 1 aliphatic carbocycles. The van der Waals surface area contributed by atoms with Gasteiger partial charge in [-0.15, -0.1) is 0 Å². The number of benzene rings is 3. The highest BCUT2D eigenvalue weighted by Crippen LogP contribution is 2.34. The van der Waals surface area contributed by atoms with E-state index in [1.54, 1.807) is 18.2 Å². The van der Waals surface area contributed by atoms with Crippen LogP contribution >= 0.6 is 0 Å². The van der Waals surface area contributed by atoms with E-state index in [-0.39, 0.29) is 6.03 Å². The van der Waals surface area contributed by atoms with Crippen LogP contribution in [0.25, 0.3) is 10.8 Å². The third-order valence-corrected chi connectivity index (χ3v) is 4.79. The zero-order valence-electron chi connectivity index (χ0n) is 14.2. The topological polar surface area (TPSA) is 84.2 Å². The third-order valence-electron chi connectivity index (χ3n) is 4.79. The molecule has 0 radical (unpaired) electrons. The summed E-state index contributed by atoms with van der Waals surface area (Å²) >= 11 is 0. The first kappa shape index (κ1) is 16.1. The fourth-order valence-corrected chi connectivity index (χ4v) is 3.54. The average Bonchev–Trinajstić information content (AvgIpc) is 3.07. The van der Waals surface area contributed by atoms with Gasteiger partial charge in [0.25, 0.3) is 0 Å². The number of nitrogens with one attached hydrogen (secondary N) is 2. The van der Waals surface area contributed by atoms with Gasteiger partial charge in [0.1, 0.15) is 0 Å². The van der Waals surface area contributed by atoms with E-state index in [0.717, 1.165) is 29.5 Å². The number of hydrogen-bond donors (Lipinski definition) is 3. The Bertz CT molecular complexity index is 1020. The number of hydrogen-bond acceptors (Lipinski definition) is 2. The van der Waals surface area contributed by atoms with Crippen molar-refractivity contribution in [2.75, 3.05) is 5.32 Å². The van der Waals surface area contributed by atoms with E-state index in [2.05, 4.69) is 22.8 Å². The first-order valence-electron chi connectivity index (χ1n) is 8.59. The number of carbonyl (C=O) groups is 2. The van der Waals surface area contributed by atoms with Crippen molar-refractivity contribution in [2.24, 2.45) is 5.73 Å². The molecule has 0 aromatic heterocycles. The average molecular weight is 345 g/mol. The van der Waals surface area contributed by atoms with Crippen molar-refractivity contribution in [3.63, 3.8) is 0 Å². The monoisotopic (exact) mass is 345 g/mol. The lowest BCUT2D eigenvalue weighted by Gasteiger charge is -2.12. The van der Waals surface area contributed by atoms with Crippen LogP contribution in [0.4, 0.5) is 10.5 Å². The number of rotatable bonds is 4. The molecule has 5 nitrogen and oxygen atoms in total. The van der Waals surface area contributed by atoms with Crippen molar-refractivity contribution < 1.29 is 9.59 Å². The van der Waals surface area contributed by atoms with Gasteiger partial charge >= 0.3 is 6.03 Å². The van der Waals surface area contributed by atoms with Gasteiger partial charge < -0.3 is 16.4 Å². The van der Waals surface area contributed by atoms with E-state index < -0.39 is 5.91 Å². The van der Waals surface area contributed by atoms with Crippen LogP contribution in [0, 0.1) is 0 Å². The van der Waals surface area contributed by atoms with Gasteiger partial charge in [-0.1, -0.05) is 36.4 Å². The first-order chi connectivity index (χ1) is 12.6. The number of carbonyl (C=O) groups excluding carboxylic acids is 2. The molecular weight excluding hydrogens is 326 g/mol. The highest BCUT2D eigenvalue weighted by Gasteiger charge is 2.16. The summed E-state index contributed by atoms with van der Waals surface area (Å²) in [5.74, 6) is -0.482. The Morgan fingerprint density at radius 3 is 2.54 bits per heavy atom. The summed E-state index contributed by atoms with van der Waals surface area (Å²) < 4.78 is 0. The third kappa shape index (κ3) is 2.99. The van der Waals surface area contributed by atoms with Crippen LogP contribution in [-0.4, -0.2) is 11.9 Å². The van der Waals surface area contributed by atoms with Crippen LogP contribution in [0.15, 0.2) is 54.6 Å². The van der Waals surface area contributed by atoms with E-state index in [9.17, 15) is 9.59 Å². The molecule has 0 saturated heterocycles. The Balaban J connectivity index is 1.49. The Morgan fingerprint density at radius 1 is 0.962 bits per heavy atom. The minimum atomic E-state index is -0.482. The lowest BCUT2D eigenvalue weighted by Crippen LogP contribution is -2.28. The van der Waals surface area contributed by atoms with Gasteiger partial charge in [-0.3, -0.25) is 4.79 Å². The summed E-state index contributed by atoms with van der Waals surface area (Å²) in [6.45, 7) is 0.314. The number of urea groups is 1. The molecule has 5 heteroatoms. The molecule has 0 heterocycles. The second kappa shape index (κ2) is 6.52. The first-order valence-corrected chi connectivity index (χ1v) is 8.59. The Kier molecular flexibility index (Phi) is 4.05. The minimum absolute atomic E-state index is 0.284. The maximum Gasteiger partial charge on any atom is 0.319 e. The van der Waals surface area contributed by atoms with E-state index in [4.69, 9.17) is 5.73 Å². The highest BCUT2D eigenvalue weighted by atomic mass is 16.2. The van der Waals surface area contributed by atoms with Crippen molar-refractivity contribution >= 4 is 28.4 Å². The van der Waals surface area contributed by atoms with Crippen molar-refractivity contribution in [1.29, 1.82) is 0 Å². The normalized spacial score (nSPS) is 12.2. The molecule has 26 heavy (non-hydrogen) atoms. The fraction of sp³-hybridized carbons (Fsp3) is 0.143. The largest absolute Gasteiger partial charge is 0.366 e. The Morgan fingerprint density at radius 2 is 1.73 bits per heavy atom. The summed E-state index contributed by atoms with van der Waals surface area (Å²) in [6, 6.07) is 16.9. The number of aryl methyl sites for hydroxylation is 2. The summed E-state index contributed by atoms with van der Waals surface area (Å²) in [5.41, 5.74) is 10.0. The molecule has 0 unspecified atom stereocenters. The molecule has 0 aliphatic heterocycles. The zero-order valence-corrected chi connectivity index (χ0v) is 14.2. The molecule has 0 atom stereocenters. The van der Waals surface area contributed by atoms with E-state index in [1.165, 1.54) is 16.5 Å². The second-order valence-electron chi connectivity index (χ2n) is 6.48. The van der Waals surface area contributed by atoms with Crippen LogP contribution < -0.4 is 16.4 Å². The number of nitrogens with two attached hydrogens (primary N) is 1. The molecule has 4 rings (SSSR count). The van der Waals surface area contributed by atoms with Crippen LogP contribution in [0.1, 0.15) is 27.0 Å². The fourth-order valence-electron chi connectivity index (χ4n) is 3.54. The van der Waals surface area contributed by atoms with E-state index >= 15 is 0 Å². The van der Waals surface area contributed by atoms with Crippen LogP contribution in [-0.2, 0) is 19.4 Å². The molecule has 3 aromatic rings. The number of anilines is 1. The molecular formula is C21H19N3O2. The van der Waals surface area contributed by atoms with Crippen molar-refractivity contribution in [1.82, 2.24) is 5.32 Å². The summed E-state index contributed by atoms with van der Waals surface area (Å²) in [6.07, 6.45) is 2.11. The standard InChI is InChI=1S/C21H19N3O2/c22-20(25)16-5-1-3-13(11-16)12-23-21(26)24-18-10-9-15-8-7-14-4-2-6-17(18)19(14)15/h1-6,9-11H,7-8,12H2,(H2,22,25)(H2,23,24,26). The predicted molar refractivity (Wildman–Crippen MR) is 102 cm³/mol. The maximum absolute atomic E-state index is 12.3. The summed E-state index contributed by atoms with van der Waals surface area (Å²) in [5, 5.41) is 8.09. The van der Waals surface area contributed by atoms with E-state index in [1.807, 2.05) is 24.3 Å². The predicted octanol–water partition coefficient (Wildman–Crippen LogP) is 3.36. The van der Waals surface area contributed by atoms with E-state index in [0.29, 0.717) is 12.1 Å². The van der Waals surface area contributed by atoms with Crippen LogP contribution in [0.5, 0.6) is 0 Å². The SMILES string of the molecule is NC(=O)c1cccc(CNC(=O)Nc2ccc3c4c(cccc24)CC3)c1. The van der Waals surface area contributed by atoms with Crippen molar-refractivity contribution in [3.8, 4) is 0 Å². The van der Waals surface area contributed by atoms with Gasteiger partial charge in [0.05, 0.1) is 5.69 Å². The smallest absolute Gasteiger partial charge is 0.319 e. The van der Waals surface area contributed by atoms with Crippen LogP contribution in [0.3, 0.4) is 0 Å². The molecule has 1 aliphatic rings. The highest BCUT2D eigenvalue weighted by molar-refractivity contribution is 6.04. The summed E-state index contributed by atoms with van der Waals surface area (Å²) in [4.78, 5) is 23.6. The van der Waals surface area contributed by atoms with Gasteiger partial charge in [0, 0.05) is 17.5 Å². The van der Waals surface area contributed by atoms with Gasteiger partial charge in [0.2, 0.25) is 5.91 Å². The molecule has 0 bridgehead atoms. The molecule has 3 amide bonds. The molecule has 0 fully saturated rings. The molecule has 3 aromatic carbocycles. The Labute approximate surface area is 151 Å². The quantitative estimate of drug-likeness (QED) is 0.677. The van der Waals surface area contributed by atoms with Crippen LogP contribution in [0.2, 0.25) is 0 Å². The molecule has 0 spiro atoms. The number of primary amides is 1. The van der Waals surface area contributed by atoms with Gasteiger partial charge in [-0.05, 0) is 53.1 Å². The summed E-state index contributed by atoms with van der Waals surface area (Å²) in [7, 11) is 0. The lowest BCUT2D eigenvalue weighted by atomic mass is 10.0. The minimum Gasteiger partial charge on any atom is -0.366 e.